The number of rotatable bonds is 2. The van der Waals surface area contributed by atoms with Crippen LogP contribution in [-0.4, -0.2) is 18.4 Å². The van der Waals surface area contributed by atoms with E-state index in [0.717, 1.165) is 0 Å². The predicted octanol–water partition coefficient (Wildman–Crippen LogP) is -0.823. The Morgan fingerprint density at radius 3 is 1.90 bits per heavy atom. The molecule has 0 atom stereocenters. The monoisotopic (exact) mass is 164 g/mol. The Labute approximate surface area is 61.1 Å². The van der Waals surface area contributed by atoms with E-state index >= 15 is 0 Å². The van der Waals surface area contributed by atoms with Crippen molar-refractivity contribution in [3.05, 3.63) is 11.8 Å². The molecule has 0 aliphatic carbocycles. The molecule has 1 rings (SSSR count). The van der Waals surface area contributed by atoms with Crippen LogP contribution in [0.2, 0.25) is 0 Å². The molecular formula is C4H8N2O3S. The van der Waals surface area contributed by atoms with Crippen LogP contribution in [-0.2, 0) is 20.6 Å². The van der Waals surface area contributed by atoms with Crippen molar-refractivity contribution in [2.75, 3.05) is 14.2 Å². The lowest BCUT2D eigenvalue weighted by Crippen LogP contribution is -2.17. The van der Waals surface area contributed by atoms with Crippen LogP contribution in [0.15, 0.2) is 11.8 Å². The predicted molar refractivity (Wildman–Crippen MR) is 35.5 cm³/mol. The second kappa shape index (κ2) is 2.78. The van der Waals surface area contributed by atoms with Crippen molar-refractivity contribution in [1.82, 2.24) is 9.44 Å². The van der Waals surface area contributed by atoms with Gasteiger partial charge in [-0.25, -0.2) is 4.21 Å². The van der Waals surface area contributed by atoms with Gasteiger partial charge in [-0.2, -0.15) is 0 Å². The van der Waals surface area contributed by atoms with Crippen molar-refractivity contribution in [3.8, 4) is 0 Å². The van der Waals surface area contributed by atoms with Gasteiger partial charge in [0.1, 0.15) is 0 Å². The topological polar surface area (TPSA) is 59.6 Å². The van der Waals surface area contributed by atoms with E-state index in [1.165, 1.54) is 14.2 Å². The van der Waals surface area contributed by atoms with Crippen molar-refractivity contribution in [3.63, 3.8) is 0 Å². The number of hydrogen-bond donors (Lipinski definition) is 2. The van der Waals surface area contributed by atoms with E-state index in [-0.39, 0.29) is 0 Å². The Hall–Kier alpha value is -0.910. The molecule has 0 aromatic carbocycles. The molecule has 0 unspecified atom stereocenters. The van der Waals surface area contributed by atoms with E-state index in [2.05, 4.69) is 9.44 Å². The van der Waals surface area contributed by atoms with Crippen molar-refractivity contribution in [2.45, 2.75) is 0 Å². The first-order valence-electron chi connectivity index (χ1n) is 2.55. The zero-order chi connectivity index (χ0) is 7.56. The summed E-state index contributed by atoms with van der Waals surface area (Å²) in [6.45, 7) is 0. The molecule has 0 saturated heterocycles. The van der Waals surface area contributed by atoms with E-state index in [9.17, 15) is 4.21 Å². The van der Waals surface area contributed by atoms with Crippen molar-refractivity contribution < 1.29 is 13.7 Å². The number of methoxy groups -OCH3 is 2. The van der Waals surface area contributed by atoms with Gasteiger partial charge in [-0.1, -0.05) is 0 Å². The van der Waals surface area contributed by atoms with Gasteiger partial charge in [0.2, 0.25) is 11.2 Å². The molecule has 5 nitrogen and oxygen atoms in total. The van der Waals surface area contributed by atoms with Gasteiger partial charge in [-0.15, -0.1) is 0 Å². The van der Waals surface area contributed by atoms with Crippen LogP contribution in [0.25, 0.3) is 0 Å². The van der Waals surface area contributed by atoms with E-state index < -0.39 is 11.2 Å². The molecule has 1 aliphatic rings. The fraction of sp³-hybridized carbons (Fsp3) is 0.500. The van der Waals surface area contributed by atoms with Gasteiger partial charge in [0.25, 0.3) is 11.8 Å². The molecule has 1 aliphatic heterocycles. The molecule has 0 bridgehead atoms. The Morgan fingerprint density at radius 2 is 1.60 bits per heavy atom. The highest BCUT2D eigenvalue weighted by atomic mass is 32.2. The summed E-state index contributed by atoms with van der Waals surface area (Å²) in [6, 6.07) is 0. The van der Waals surface area contributed by atoms with Gasteiger partial charge in [0.05, 0.1) is 14.2 Å². The van der Waals surface area contributed by atoms with E-state index in [4.69, 9.17) is 9.47 Å². The summed E-state index contributed by atoms with van der Waals surface area (Å²) in [6.07, 6.45) is 0. The lowest BCUT2D eigenvalue weighted by Gasteiger charge is -1.99. The third-order valence-electron chi connectivity index (χ3n) is 0.985. The largest absolute Gasteiger partial charge is 0.478 e. The molecule has 0 aromatic rings. The van der Waals surface area contributed by atoms with Gasteiger partial charge in [-0.3, -0.25) is 9.44 Å². The first kappa shape index (κ1) is 7.20. The normalized spacial score (nSPS) is 18.2. The maximum atomic E-state index is 10.7. The average Bonchev–Trinajstić information content (AvgIpc) is 2.30. The minimum Gasteiger partial charge on any atom is -0.478 e. The first-order valence-corrected chi connectivity index (χ1v) is 3.70. The Morgan fingerprint density at radius 1 is 1.20 bits per heavy atom. The van der Waals surface area contributed by atoms with E-state index in [0.29, 0.717) is 11.8 Å². The smallest absolute Gasteiger partial charge is 0.263 e. The van der Waals surface area contributed by atoms with Crippen molar-refractivity contribution >= 4 is 11.2 Å². The van der Waals surface area contributed by atoms with Crippen LogP contribution in [0.3, 0.4) is 0 Å². The van der Waals surface area contributed by atoms with Crippen LogP contribution < -0.4 is 9.44 Å². The zero-order valence-electron chi connectivity index (χ0n) is 5.63. The van der Waals surface area contributed by atoms with E-state index in [1.54, 1.807) is 0 Å². The lowest BCUT2D eigenvalue weighted by molar-refractivity contribution is 0.212. The summed E-state index contributed by atoms with van der Waals surface area (Å²) in [5.41, 5.74) is 0. The number of nitrogens with one attached hydrogen (secondary N) is 2. The highest BCUT2D eigenvalue weighted by molar-refractivity contribution is 7.81. The SMILES string of the molecule is COC1=C(OC)NS(=O)N1. The molecular weight excluding hydrogens is 156 g/mol. The van der Waals surface area contributed by atoms with E-state index in [1.807, 2.05) is 0 Å². The molecule has 0 saturated carbocycles. The third kappa shape index (κ3) is 1.15. The first-order chi connectivity index (χ1) is 4.77. The van der Waals surface area contributed by atoms with Gasteiger partial charge in [0.15, 0.2) is 0 Å². The van der Waals surface area contributed by atoms with Crippen LogP contribution in [0.4, 0.5) is 0 Å². The Kier molecular flexibility index (Phi) is 2.00. The van der Waals surface area contributed by atoms with Gasteiger partial charge in [-0.05, 0) is 0 Å². The van der Waals surface area contributed by atoms with Crippen LogP contribution in [0, 0.1) is 0 Å². The molecule has 2 N–H and O–H groups in total. The molecule has 0 spiro atoms. The average molecular weight is 164 g/mol. The maximum Gasteiger partial charge on any atom is 0.263 e. The second-order valence-corrected chi connectivity index (χ2v) is 2.49. The quantitative estimate of drug-likeness (QED) is 0.560. The van der Waals surface area contributed by atoms with Gasteiger partial charge >= 0.3 is 0 Å². The molecule has 0 fully saturated rings. The molecule has 0 amide bonds. The zero-order valence-corrected chi connectivity index (χ0v) is 6.45. The van der Waals surface area contributed by atoms with Crippen LogP contribution in [0.1, 0.15) is 0 Å². The Bertz CT molecular complexity index is 173. The lowest BCUT2D eigenvalue weighted by atomic mass is 10.8. The molecule has 0 radical (unpaired) electrons. The highest BCUT2D eigenvalue weighted by Gasteiger charge is 2.20. The minimum atomic E-state index is -1.31. The van der Waals surface area contributed by atoms with Gasteiger partial charge < -0.3 is 9.47 Å². The molecule has 10 heavy (non-hydrogen) atoms. The fourth-order valence-electron chi connectivity index (χ4n) is 0.555. The minimum absolute atomic E-state index is 0.362. The third-order valence-corrected chi connectivity index (χ3v) is 1.73. The molecule has 0 aromatic heterocycles. The van der Waals surface area contributed by atoms with Crippen LogP contribution in [0.5, 0.6) is 0 Å². The summed E-state index contributed by atoms with van der Waals surface area (Å²) < 4.78 is 25.2. The van der Waals surface area contributed by atoms with Crippen LogP contribution >= 0.6 is 0 Å². The molecule has 6 heteroatoms. The van der Waals surface area contributed by atoms with Crippen molar-refractivity contribution in [2.24, 2.45) is 0 Å². The Balaban J connectivity index is 2.70. The summed E-state index contributed by atoms with van der Waals surface area (Å²) in [4.78, 5) is 0. The molecule has 58 valence electrons. The number of hydrogen-bond acceptors (Lipinski definition) is 3. The summed E-state index contributed by atoms with van der Waals surface area (Å²) >= 11 is -1.31. The summed E-state index contributed by atoms with van der Waals surface area (Å²) in [5, 5.41) is 0. The van der Waals surface area contributed by atoms with Gasteiger partial charge in [0, 0.05) is 0 Å². The fourth-order valence-corrected chi connectivity index (χ4v) is 1.30. The standard InChI is InChI=1S/C4H8N2O3S/c1-8-3-4(9-2)6-10(7)5-3/h5-6H,1-2H3. The second-order valence-electron chi connectivity index (χ2n) is 1.54. The summed E-state index contributed by atoms with van der Waals surface area (Å²) in [7, 11) is 2.93. The highest BCUT2D eigenvalue weighted by Crippen LogP contribution is 2.06. The molecule has 1 heterocycles. The van der Waals surface area contributed by atoms with Crippen molar-refractivity contribution in [1.29, 1.82) is 0 Å². The number of ether oxygens (including phenoxy) is 2. The maximum absolute atomic E-state index is 10.7. The summed E-state index contributed by atoms with van der Waals surface area (Å²) in [5.74, 6) is 0.724.